The van der Waals surface area contributed by atoms with Crippen LogP contribution in [0.4, 0.5) is 5.69 Å². The van der Waals surface area contributed by atoms with Crippen molar-refractivity contribution < 1.29 is 14.3 Å². The summed E-state index contributed by atoms with van der Waals surface area (Å²) in [5.41, 5.74) is 1.60. The molecule has 0 aliphatic carbocycles. The molecule has 1 aromatic rings. The molecule has 0 spiro atoms. The Morgan fingerprint density at radius 1 is 1.11 bits per heavy atom. The van der Waals surface area contributed by atoms with Crippen molar-refractivity contribution in [3.63, 3.8) is 0 Å². The number of hydrogen-bond acceptors (Lipinski definition) is 5. The average Bonchev–Trinajstić information content (AvgIpc) is 3.11. The number of anilines is 1. The van der Waals surface area contributed by atoms with Gasteiger partial charge >= 0.3 is 0 Å². The molecule has 0 bridgehead atoms. The summed E-state index contributed by atoms with van der Waals surface area (Å²) in [6, 6.07) is 7.57. The van der Waals surface area contributed by atoms with Crippen molar-refractivity contribution in [2.75, 3.05) is 64.3 Å². The molecular formula is C20H30N4O3. The van der Waals surface area contributed by atoms with E-state index in [2.05, 4.69) is 15.5 Å². The molecule has 1 aromatic carbocycles. The van der Waals surface area contributed by atoms with Crippen molar-refractivity contribution in [1.82, 2.24) is 15.1 Å². The third kappa shape index (κ3) is 6.22. The van der Waals surface area contributed by atoms with Crippen molar-refractivity contribution in [3.05, 3.63) is 29.8 Å². The molecule has 2 heterocycles. The van der Waals surface area contributed by atoms with Crippen molar-refractivity contribution >= 4 is 17.5 Å². The van der Waals surface area contributed by atoms with Crippen LogP contribution in [0.15, 0.2) is 24.3 Å². The molecule has 27 heavy (non-hydrogen) atoms. The van der Waals surface area contributed by atoms with E-state index in [1.807, 2.05) is 29.2 Å². The number of likely N-dealkylation sites (tertiary alicyclic amines) is 1. The Bertz CT molecular complexity index is 631. The van der Waals surface area contributed by atoms with Gasteiger partial charge in [0.1, 0.15) is 0 Å². The number of nitrogens with zero attached hydrogens (tertiary/aromatic N) is 2. The Labute approximate surface area is 161 Å². The minimum absolute atomic E-state index is 0.0467. The molecule has 148 valence electrons. The van der Waals surface area contributed by atoms with Gasteiger partial charge in [-0.05, 0) is 31.0 Å². The molecule has 2 fully saturated rings. The van der Waals surface area contributed by atoms with Gasteiger partial charge in [0.25, 0.3) is 5.91 Å². The molecule has 0 unspecified atom stereocenters. The number of amides is 2. The van der Waals surface area contributed by atoms with Crippen LogP contribution in [-0.2, 0) is 9.53 Å². The summed E-state index contributed by atoms with van der Waals surface area (Å²) in [5.74, 6) is 0.223. The Hall–Kier alpha value is -2.12. The first-order valence-corrected chi connectivity index (χ1v) is 9.92. The second kappa shape index (κ2) is 10.3. The van der Waals surface area contributed by atoms with Gasteiger partial charge in [-0.25, -0.2) is 0 Å². The molecular weight excluding hydrogens is 344 g/mol. The van der Waals surface area contributed by atoms with Crippen LogP contribution in [0.2, 0.25) is 0 Å². The first-order valence-electron chi connectivity index (χ1n) is 9.92. The Morgan fingerprint density at radius 2 is 1.96 bits per heavy atom. The molecule has 0 saturated carbocycles. The highest BCUT2D eigenvalue weighted by atomic mass is 16.5. The molecule has 2 amide bonds. The number of rotatable bonds is 9. The van der Waals surface area contributed by atoms with E-state index in [9.17, 15) is 9.59 Å². The van der Waals surface area contributed by atoms with Gasteiger partial charge in [-0.2, -0.15) is 0 Å². The summed E-state index contributed by atoms with van der Waals surface area (Å²) < 4.78 is 5.33. The van der Waals surface area contributed by atoms with Gasteiger partial charge in [-0.1, -0.05) is 6.07 Å². The van der Waals surface area contributed by atoms with E-state index in [1.165, 1.54) is 0 Å². The molecule has 3 rings (SSSR count). The largest absolute Gasteiger partial charge is 0.385 e. The number of morpholine rings is 1. The van der Waals surface area contributed by atoms with Crippen LogP contribution in [-0.4, -0.2) is 80.6 Å². The quantitative estimate of drug-likeness (QED) is 0.635. The number of hydrogen-bond donors (Lipinski definition) is 2. The third-order valence-corrected chi connectivity index (χ3v) is 5.05. The van der Waals surface area contributed by atoms with E-state index in [4.69, 9.17) is 4.74 Å². The second-order valence-corrected chi connectivity index (χ2v) is 7.06. The van der Waals surface area contributed by atoms with Gasteiger partial charge in [0.05, 0.1) is 13.2 Å². The van der Waals surface area contributed by atoms with Crippen LogP contribution >= 0.6 is 0 Å². The Kier molecular flexibility index (Phi) is 7.47. The Morgan fingerprint density at radius 3 is 2.74 bits per heavy atom. The minimum Gasteiger partial charge on any atom is -0.385 e. The van der Waals surface area contributed by atoms with Crippen LogP contribution in [0.3, 0.4) is 0 Å². The minimum atomic E-state index is -0.0467. The van der Waals surface area contributed by atoms with E-state index in [0.29, 0.717) is 18.5 Å². The molecule has 0 atom stereocenters. The number of ether oxygens (including phenoxy) is 1. The monoisotopic (exact) mass is 374 g/mol. The zero-order valence-electron chi connectivity index (χ0n) is 15.9. The van der Waals surface area contributed by atoms with Crippen LogP contribution in [0.25, 0.3) is 0 Å². The van der Waals surface area contributed by atoms with Gasteiger partial charge in [-0.15, -0.1) is 0 Å². The van der Waals surface area contributed by atoms with Crippen LogP contribution in [0.5, 0.6) is 0 Å². The summed E-state index contributed by atoms with van der Waals surface area (Å²) in [4.78, 5) is 28.2. The van der Waals surface area contributed by atoms with Gasteiger partial charge in [-0.3, -0.25) is 14.5 Å². The third-order valence-electron chi connectivity index (χ3n) is 5.05. The number of benzene rings is 1. The van der Waals surface area contributed by atoms with Crippen molar-refractivity contribution in [2.24, 2.45) is 0 Å². The molecule has 7 nitrogen and oxygen atoms in total. The summed E-state index contributed by atoms with van der Waals surface area (Å²) in [6.45, 7) is 7.36. The zero-order valence-corrected chi connectivity index (χ0v) is 15.9. The summed E-state index contributed by atoms with van der Waals surface area (Å²) >= 11 is 0. The van der Waals surface area contributed by atoms with Crippen molar-refractivity contribution in [2.45, 2.75) is 19.3 Å². The lowest BCUT2D eigenvalue weighted by atomic mass is 10.2. The predicted molar refractivity (Wildman–Crippen MR) is 105 cm³/mol. The first-order chi connectivity index (χ1) is 13.2. The molecule has 2 aliphatic heterocycles. The van der Waals surface area contributed by atoms with Gasteiger partial charge in [0.15, 0.2) is 0 Å². The average molecular weight is 374 g/mol. The standard InChI is InChI=1S/C20H30N4O3/c25-19-6-2-9-24(19)10-3-7-21-18-5-1-4-17(16-18)20(26)22-8-11-23-12-14-27-15-13-23/h1,4-5,16,21H,2-3,6-15H2,(H,22,26). The molecule has 7 heteroatoms. The fourth-order valence-corrected chi connectivity index (χ4v) is 3.47. The second-order valence-electron chi connectivity index (χ2n) is 7.06. The molecule has 0 aromatic heterocycles. The lowest BCUT2D eigenvalue weighted by Gasteiger charge is -2.26. The highest BCUT2D eigenvalue weighted by molar-refractivity contribution is 5.95. The maximum absolute atomic E-state index is 12.4. The Balaban J connectivity index is 1.36. The number of nitrogens with one attached hydrogen (secondary N) is 2. The topological polar surface area (TPSA) is 73.9 Å². The zero-order chi connectivity index (χ0) is 18.9. The number of carbonyl (C=O) groups excluding carboxylic acids is 2. The van der Waals surface area contributed by atoms with Gasteiger partial charge in [0.2, 0.25) is 5.91 Å². The van der Waals surface area contributed by atoms with Gasteiger partial charge in [0, 0.05) is 63.5 Å². The highest BCUT2D eigenvalue weighted by Gasteiger charge is 2.18. The molecule has 0 radical (unpaired) electrons. The number of carbonyl (C=O) groups is 2. The van der Waals surface area contributed by atoms with Crippen molar-refractivity contribution in [1.29, 1.82) is 0 Å². The highest BCUT2D eigenvalue weighted by Crippen LogP contribution is 2.12. The van der Waals surface area contributed by atoms with E-state index in [0.717, 1.165) is 71.0 Å². The maximum atomic E-state index is 12.4. The molecule has 2 aliphatic rings. The lowest BCUT2D eigenvalue weighted by molar-refractivity contribution is -0.127. The molecule has 2 saturated heterocycles. The van der Waals surface area contributed by atoms with E-state index in [1.54, 1.807) is 0 Å². The van der Waals surface area contributed by atoms with Crippen molar-refractivity contribution in [3.8, 4) is 0 Å². The summed E-state index contributed by atoms with van der Waals surface area (Å²) in [7, 11) is 0. The van der Waals surface area contributed by atoms with Crippen LogP contribution in [0.1, 0.15) is 29.6 Å². The normalized spacial score (nSPS) is 17.9. The van der Waals surface area contributed by atoms with Crippen LogP contribution < -0.4 is 10.6 Å². The summed E-state index contributed by atoms with van der Waals surface area (Å²) in [5, 5.41) is 6.34. The van der Waals surface area contributed by atoms with Gasteiger partial charge < -0.3 is 20.3 Å². The lowest BCUT2D eigenvalue weighted by Crippen LogP contribution is -2.41. The molecule has 2 N–H and O–H groups in total. The van der Waals surface area contributed by atoms with E-state index in [-0.39, 0.29) is 11.8 Å². The smallest absolute Gasteiger partial charge is 0.251 e. The fourth-order valence-electron chi connectivity index (χ4n) is 3.47. The maximum Gasteiger partial charge on any atom is 0.251 e. The first kappa shape index (κ1) is 19.6. The fraction of sp³-hybridized carbons (Fsp3) is 0.600. The summed E-state index contributed by atoms with van der Waals surface area (Å²) in [6.07, 6.45) is 2.58. The van der Waals surface area contributed by atoms with E-state index < -0.39 is 0 Å². The predicted octanol–water partition coefficient (Wildman–Crippen LogP) is 1.17. The SMILES string of the molecule is O=C(NCCN1CCOCC1)c1cccc(NCCCN2CCCC2=O)c1. The van der Waals surface area contributed by atoms with Crippen LogP contribution in [0, 0.1) is 0 Å². The van der Waals surface area contributed by atoms with E-state index >= 15 is 0 Å².